The van der Waals surface area contributed by atoms with Gasteiger partial charge in [-0.2, -0.15) is 0 Å². The van der Waals surface area contributed by atoms with Crippen molar-refractivity contribution in [1.82, 2.24) is 9.47 Å². The highest BCUT2D eigenvalue weighted by Crippen LogP contribution is 2.32. The van der Waals surface area contributed by atoms with Gasteiger partial charge in [0.1, 0.15) is 5.70 Å². The van der Waals surface area contributed by atoms with Crippen molar-refractivity contribution in [2.75, 3.05) is 11.9 Å². The fourth-order valence-corrected chi connectivity index (χ4v) is 4.82. The van der Waals surface area contributed by atoms with Crippen LogP contribution in [0, 0.1) is 0 Å². The molecule has 0 bridgehead atoms. The van der Waals surface area contributed by atoms with Gasteiger partial charge in [-0.15, -0.1) is 0 Å². The number of thiocarbonyl (C=S) groups is 1. The van der Waals surface area contributed by atoms with Crippen LogP contribution < -0.4 is 4.90 Å². The number of amides is 1. The first-order chi connectivity index (χ1) is 15.9. The van der Waals surface area contributed by atoms with Crippen molar-refractivity contribution in [2.45, 2.75) is 6.54 Å². The molecule has 1 fully saturated rings. The maximum atomic E-state index is 13.4. The van der Waals surface area contributed by atoms with Crippen LogP contribution in [0.15, 0.2) is 89.2 Å². The zero-order chi connectivity index (χ0) is 23.1. The molecular formula is C26H19BrClN3OS. The fraction of sp³-hybridized carbons (Fsp3) is 0.0769. The normalized spacial score (nSPS) is 15.3. The summed E-state index contributed by atoms with van der Waals surface area (Å²) in [5.74, 6) is -0.163. The van der Waals surface area contributed by atoms with Gasteiger partial charge in [-0.05, 0) is 66.3 Å². The minimum absolute atomic E-state index is 0.163. The van der Waals surface area contributed by atoms with E-state index >= 15 is 0 Å². The Morgan fingerprint density at radius 3 is 2.48 bits per heavy atom. The maximum absolute atomic E-state index is 13.4. The van der Waals surface area contributed by atoms with E-state index in [0.717, 1.165) is 27.5 Å². The summed E-state index contributed by atoms with van der Waals surface area (Å²) in [6.07, 6.45) is 4.01. The molecule has 0 N–H and O–H groups in total. The summed E-state index contributed by atoms with van der Waals surface area (Å²) in [6, 6.07) is 23.6. The Balaban J connectivity index is 1.58. The fourth-order valence-electron chi connectivity index (χ4n) is 4.04. The van der Waals surface area contributed by atoms with E-state index in [9.17, 15) is 4.79 Å². The van der Waals surface area contributed by atoms with E-state index in [0.29, 0.717) is 21.5 Å². The van der Waals surface area contributed by atoms with Crippen LogP contribution >= 0.6 is 39.7 Å². The van der Waals surface area contributed by atoms with Gasteiger partial charge in [-0.25, -0.2) is 0 Å². The summed E-state index contributed by atoms with van der Waals surface area (Å²) in [7, 11) is 1.82. The van der Waals surface area contributed by atoms with Crippen LogP contribution in [0.3, 0.4) is 0 Å². The second-order valence-corrected chi connectivity index (χ2v) is 9.56. The highest BCUT2D eigenvalue weighted by atomic mass is 79.9. The Labute approximate surface area is 210 Å². The summed E-state index contributed by atoms with van der Waals surface area (Å²) in [6.45, 7) is 0.737. The van der Waals surface area contributed by atoms with Crippen molar-refractivity contribution in [3.63, 3.8) is 0 Å². The van der Waals surface area contributed by atoms with Crippen LogP contribution in [0.5, 0.6) is 0 Å². The molecule has 1 aliphatic rings. The quantitative estimate of drug-likeness (QED) is 0.214. The Kier molecular flexibility index (Phi) is 5.83. The second kappa shape index (κ2) is 8.78. The first kappa shape index (κ1) is 21.9. The van der Waals surface area contributed by atoms with Crippen LogP contribution in [0.25, 0.3) is 17.0 Å². The number of nitrogens with zero attached hydrogens (tertiary/aromatic N) is 3. The van der Waals surface area contributed by atoms with E-state index in [4.69, 9.17) is 23.8 Å². The highest BCUT2D eigenvalue weighted by molar-refractivity contribution is 9.10. The molecule has 4 nitrogen and oxygen atoms in total. The highest BCUT2D eigenvalue weighted by Gasteiger charge is 2.37. The topological polar surface area (TPSA) is 28.5 Å². The van der Waals surface area contributed by atoms with E-state index < -0.39 is 0 Å². The average Bonchev–Trinajstić information content (AvgIpc) is 3.24. The van der Waals surface area contributed by atoms with Gasteiger partial charge < -0.3 is 9.47 Å². The molecule has 5 rings (SSSR count). The lowest BCUT2D eigenvalue weighted by atomic mass is 10.1. The zero-order valence-corrected chi connectivity index (χ0v) is 20.9. The number of rotatable bonds is 4. The summed E-state index contributed by atoms with van der Waals surface area (Å²) in [4.78, 5) is 16.7. The number of carbonyl (C=O) groups is 1. The van der Waals surface area contributed by atoms with E-state index in [1.54, 1.807) is 29.2 Å². The van der Waals surface area contributed by atoms with Crippen molar-refractivity contribution in [1.29, 1.82) is 0 Å². The molecule has 0 radical (unpaired) electrons. The predicted molar refractivity (Wildman–Crippen MR) is 142 cm³/mol. The number of hydrogen-bond donors (Lipinski definition) is 0. The van der Waals surface area contributed by atoms with Gasteiger partial charge in [-0.1, -0.05) is 57.9 Å². The van der Waals surface area contributed by atoms with Gasteiger partial charge in [0.05, 0.1) is 5.69 Å². The molecule has 2 heterocycles. The predicted octanol–water partition coefficient (Wildman–Crippen LogP) is 6.71. The molecule has 33 heavy (non-hydrogen) atoms. The minimum Gasteiger partial charge on any atom is -0.342 e. The number of fused-ring (bicyclic) bond motifs is 1. The SMILES string of the molecule is CN1C(=S)N(c2ccc(Cl)cc2)C(=O)/C1=C/c1cn(Cc2ccccc2)c2ccc(Br)cc12. The molecule has 0 spiro atoms. The smallest absolute Gasteiger partial charge is 0.281 e. The average molecular weight is 537 g/mol. The first-order valence-corrected chi connectivity index (χ1v) is 11.9. The van der Waals surface area contributed by atoms with Gasteiger partial charge in [0.2, 0.25) is 0 Å². The number of aromatic nitrogens is 1. The Bertz CT molecular complexity index is 1410. The van der Waals surface area contributed by atoms with Crippen molar-refractivity contribution >= 4 is 73.4 Å². The van der Waals surface area contributed by atoms with Crippen LogP contribution in [0.4, 0.5) is 5.69 Å². The molecule has 1 saturated heterocycles. The van der Waals surface area contributed by atoms with Crippen molar-refractivity contribution < 1.29 is 4.79 Å². The standard InChI is InChI=1S/C26H19BrClN3OS/c1-29-24(25(32)31(26(29)33)21-10-8-20(28)9-11-21)13-18-16-30(15-17-5-3-2-4-6-17)23-12-7-19(27)14-22(18)23/h2-14,16H,15H2,1H3/b24-13-. The van der Waals surface area contributed by atoms with Crippen LogP contribution in [0.2, 0.25) is 5.02 Å². The lowest BCUT2D eigenvalue weighted by molar-refractivity contribution is -0.114. The third-order valence-corrected chi connectivity index (χ3v) is 6.91. The number of carbonyl (C=O) groups excluding carboxylic acids is 1. The Morgan fingerprint density at radius 1 is 1.03 bits per heavy atom. The van der Waals surface area contributed by atoms with Crippen molar-refractivity contribution in [2.24, 2.45) is 0 Å². The van der Waals surface area contributed by atoms with E-state index in [1.807, 2.05) is 37.4 Å². The van der Waals surface area contributed by atoms with Gasteiger partial charge >= 0.3 is 0 Å². The van der Waals surface area contributed by atoms with Crippen molar-refractivity contribution in [3.8, 4) is 0 Å². The van der Waals surface area contributed by atoms with Crippen molar-refractivity contribution in [3.05, 3.63) is 105 Å². The van der Waals surface area contributed by atoms with Gasteiger partial charge in [0.25, 0.3) is 5.91 Å². The monoisotopic (exact) mass is 535 g/mol. The molecule has 0 unspecified atom stereocenters. The van der Waals surface area contributed by atoms with Gasteiger partial charge in [0.15, 0.2) is 5.11 Å². The van der Waals surface area contributed by atoms with Gasteiger partial charge in [-0.3, -0.25) is 9.69 Å². The Hall–Kier alpha value is -2.93. The second-order valence-electron chi connectivity index (χ2n) is 7.85. The number of anilines is 1. The summed E-state index contributed by atoms with van der Waals surface area (Å²) in [5.41, 5.74) is 4.48. The molecule has 7 heteroatoms. The number of likely N-dealkylation sites (N-methyl/N-ethyl adjacent to an activating group) is 1. The van der Waals surface area contributed by atoms with Gasteiger partial charge in [0, 0.05) is 45.8 Å². The van der Waals surface area contributed by atoms with Crippen LogP contribution in [-0.4, -0.2) is 27.5 Å². The number of benzene rings is 3. The Morgan fingerprint density at radius 2 is 1.76 bits per heavy atom. The number of halogens is 2. The third-order valence-electron chi connectivity index (χ3n) is 5.71. The lowest BCUT2D eigenvalue weighted by Crippen LogP contribution is -2.31. The molecule has 4 aromatic rings. The molecule has 1 aromatic heterocycles. The first-order valence-electron chi connectivity index (χ1n) is 10.3. The lowest BCUT2D eigenvalue weighted by Gasteiger charge is -2.16. The van der Waals surface area contributed by atoms with Crippen LogP contribution in [-0.2, 0) is 11.3 Å². The third kappa shape index (κ3) is 4.10. The minimum atomic E-state index is -0.163. The summed E-state index contributed by atoms with van der Waals surface area (Å²) < 4.78 is 3.19. The molecule has 0 atom stereocenters. The van der Waals surface area contributed by atoms with Crippen LogP contribution in [0.1, 0.15) is 11.1 Å². The van der Waals surface area contributed by atoms with E-state index in [2.05, 4.69) is 51.0 Å². The maximum Gasteiger partial charge on any atom is 0.281 e. The number of hydrogen-bond acceptors (Lipinski definition) is 2. The molecule has 1 aliphatic heterocycles. The van der Waals surface area contributed by atoms with E-state index in [1.165, 1.54) is 10.5 Å². The molecular weight excluding hydrogens is 518 g/mol. The molecule has 0 aliphatic carbocycles. The molecule has 164 valence electrons. The molecule has 0 saturated carbocycles. The zero-order valence-electron chi connectivity index (χ0n) is 17.7. The largest absolute Gasteiger partial charge is 0.342 e. The summed E-state index contributed by atoms with van der Waals surface area (Å²) in [5, 5.41) is 2.10. The summed E-state index contributed by atoms with van der Waals surface area (Å²) >= 11 is 15.2. The molecule has 1 amide bonds. The van der Waals surface area contributed by atoms with E-state index in [-0.39, 0.29) is 5.91 Å². The molecule has 3 aromatic carbocycles.